The molecular weight excluding hydrogens is 154 g/mol. The number of carbonyl (C=O) groups excluding carboxylic acids is 1. The fourth-order valence-electron chi connectivity index (χ4n) is 1.75. The van der Waals surface area contributed by atoms with Crippen molar-refractivity contribution in [1.82, 2.24) is 4.98 Å². The number of hydrogen-bond donors (Lipinski definition) is 2. The van der Waals surface area contributed by atoms with Crippen molar-refractivity contribution in [2.24, 2.45) is 0 Å². The smallest absolute Gasteiger partial charge is 0.165 e. The van der Waals surface area contributed by atoms with Gasteiger partial charge in [-0.25, -0.2) is 0 Å². The summed E-state index contributed by atoms with van der Waals surface area (Å²) in [5.41, 5.74) is 2.68. The molecule has 0 saturated carbocycles. The van der Waals surface area contributed by atoms with Crippen molar-refractivity contribution in [3.8, 4) is 0 Å². The first-order valence-corrected chi connectivity index (χ1v) is 4.06. The molecule has 0 spiro atoms. The minimum Gasteiger partial charge on any atom is -0.396 e. The van der Waals surface area contributed by atoms with Gasteiger partial charge in [0.25, 0.3) is 0 Å². The Hall–Kier alpha value is -1.09. The first kappa shape index (κ1) is 7.55. The molecule has 1 aromatic heterocycles. The molecule has 1 aliphatic carbocycles. The second-order valence-electron chi connectivity index (χ2n) is 3.29. The number of Topliss-reactive ketones (excluding diaryl/α,β-unsaturated/α-hetero) is 1. The molecule has 12 heavy (non-hydrogen) atoms. The summed E-state index contributed by atoms with van der Waals surface area (Å²) < 4.78 is 0. The van der Waals surface area contributed by atoms with Crippen LogP contribution in [0.3, 0.4) is 0 Å². The standard InChI is InChI=1S/C9H11NO2/c1-5-2-7-8(12)3-6(4-11)9(7)10-5/h2,6,10-11H,3-4H2,1H3. The largest absolute Gasteiger partial charge is 0.396 e. The van der Waals surface area contributed by atoms with Gasteiger partial charge < -0.3 is 10.1 Å². The Morgan fingerprint density at radius 1 is 1.75 bits per heavy atom. The highest BCUT2D eigenvalue weighted by molar-refractivity contribution is 6.01. The van der Waals surface area contributed by atoms with Crippen LogP contribution in [0.4, 0.5) is 0 Å². The number of nitrogens with one attached hydrogen (secondary N) is 1. The Kier molecular flexibility index (Phi) is 1.54. The van der Waals surface area contributed by atoms with E-state index in [-0.39, 0.29) is 18.3 Å². The summed E-state index contributed by atoms with van der Waals surface area (Å²) in [5, 5.41) is 8.97. The van der Waals surface area contributed by atoms with Gasteiger partial charge in [0, 0.05) is 29.3 Å². The monoisotopic (exact) mass is 165 g/mol. The van der Waals surface area contributed by atoms with E-state index in [1.54, 1.807) is 0 Å². The Balaban J connectivity index is 2.48. The number of carbonyl (C=O) groups is 1. The van der Waals surface area contributed by atoms with Crippen LogP contribution in [0.5, 0.6) is 0 Å². The molecule has 0 aliphatic heterocycles. The molecule has 0 saturated heterocycles. The van der Waals surface area contributed by atoms with E-state index < -0.39 is 0 Å². The molecule has 1 aliphatic rings. The molecule has 0 bridgehead atoms. The molecule has 1 atom stereocenters. The third kappa shape index (κ3) is 0.898. The van der Waals surface area contributed by atoms with Gasteiger partial charge in [0.1, 0.15) is 0 Å². The van der Waals surface area contributed by atoms with Crippen LogP contribution in [0, 0.1) is 6.92 Å². The number of hydrogen-bond acceptors (Lipinski definition) is 2. The highest BCUT2D eigenvalue weighted by Gasteiger charge is 2.30. The van der Waals surface area contributed by atoms with Gasteiger partial charge in [-0.1, -0.05) is 0 Å². The minimum absolute atomic E-state index is 0.00111. The lowest BCUT2D eigenvalue weighted by Crippen LogP contribution is -2.01. The zero-order chi connectivity index (χ0) is 8.72. The van der Waals surface area contributed by atoms with Gasteiger partial charge in [-0.15, -0.1) is 0 Å². The van der Waals surface area contributed by atoms with Crippen molar-refractivity contribution < 1.29 is 9.90 Å². The van der Waals surface area contributed by atoms with Crippen molar-refractivity contribution >= 4 is 5.78 Å². The van der Waals surface area contributed by atoms with Crippen molar-refractivity contribution in [2.45, 2.75) is 19.3 Å². The molecule has 64 valence electrons. The van der Waals surface area contributed by atoms with Crippen LogP contribution in [0.25, 0.3) is 0 Å². The third-order valence-corrected chi connectivity index (χ3v) is 2.34. The summed E-state index contributed by atoms with van der Waals surface area (Å²) in [7, 11) is 0. The molecule has 1 unspecified atom stereocenters. The number of aromatic nitrogens is 1. The predicted molar refractivity (Wildman–Crippen MR) is 44.3 cm³/mol. The summed E-state index contributed by atoms with van der Waals surface area (Å²) in [5.74, 6) is 0.148. The van der Waals surface area contributed by atoms with Crippen LogP contribution in [-0.4, -0.2) is 22.5 Å². The van der Waals surface area contributed by atoms with E-state index in [1.807, 2.05) is 13.0 Å². The summed E-state index contributed by atoms with van der Waals surface area (Å²) in [6.07, 6.45) is 0.456. The number of ketones is 1. The number of aryl methyl sites for hydroxylation is 1. The second kappa shape index (κ2) is 2.45. The van der Waals surface area contributed by atoms with Gasteiger partial charge in [-0.05, 0) is 13.0 Å². The van der Waals surface area contributed by atoms with E-state index in [2.05, 4.69) is 4.98 Å². The second-order valence-corrected chi connectivity index (χ2v) is 3.29. The molecule has 1 aromatic rings. The summed E-state index contributed by atoms with van der Waals surface area (Å²) in [4.78, 5) is 14.4. The van der Waals surface area contributed by atoms with Gasteiger partial charge in [-0.3, -0.25) is 4.79 Å². The Morgan fingerprint density at radius 3 is 3.17 bits per heavy atom. The quantitative estimate of drug-likeness (QED) is 0.651. The average Bonchev–Trinajstić information content (AvgIpc) is 2.52. The Morgan fingerprint density at radius 2 is 2.50 bits per heavy atom. The van der Waals surface area contributed by atoms with Crippen LogP contribution >= 0.6 is 0 Å². The molecule has 3 nitrogen and oxygen atoms in total. The lowest BCUT2D eigenvalue weighted by Gasteiger charge is -2.02. The van der Waals surface area contributed by atoms with E-state index in [9.17, 15) is 4.79 Å². The fraction of sp³-hybridized carbons (Fsp3) is 0.444. The number of aromatic amines is 1. The summed E-state index contributed by atoms with van der Waals surface area (Å²) in [6, 6.07) is 1.85. The molecule has 2 N–H and O–H groups in total. The van der Waals surface area contributed by atoms with Crippen molar-refractivity contribution in [3.63, 3.8) is 0 Å². The van der Waals surface area contributed by atoms with Crippen LogP contribution in [0.2, 0.25) is 0 Å². The Bertz CT molecular complexity index is 327. The molecule has 2 rings (SSSR count). The summed E-state index contributed by atoms with van der Waals surface area (Å²) >= 11 is 0. The molecule has 3 heteroatoms. The normalized spacial score (nSPS) is 21.5. The van der Waals surface area contributed by atoms with Crippen LogP contribution in [0.15, 0.2) is 6.07 Å². The van der Waals surface area contributed by atoms with Crippen molar-refractivity contribution in [3.05, 3.63) is 23.0 Å². The maximum Gasteiger partial charge on any atom is 0.165 e. The zero-order valence-electron chi connectivity index (χ0n) is 6.92. The van der Waals surface area contributed by atoms with E-state index in [0.717, 1.165) is 17.0 Å². The maximum atomic E-state index is 11.3. The van der Waals surface area contributed by atoms with Crippen LogP contribution in [0.1, 0.15) is 34.1 Å². The lowest BCUT2D eigenvalue weighted by atomic mass is 10.1. The summed E-state index contributed by atoms with van der Waals surface area (Å²) in [6.45, 7) is 1.97. The third-order valence-electron chi connectivity index (χ3n) is 2.34. The first-order valence-electron chi connectivity index (χ1n) is 4.06. The SMILES string of the molecule is Cc1cc2c([nH]1)C(CO)CC2=O. The number of rotatable bonds is 1. The molecule has 0 amide bonds. The van der Waals surface area contributed by atoms with E-state index >= 15 is 0 Å². The van der Waals surface area contributed by atoms with E-state index in [4.69, 9.17) is 5.11 Å². The Labute approximate surface area is 70.4 Å². The zero-order valence-corrected chi connectivity index (χ0v) is 6.92. The van der Waals surface area contributed by atoms with Crippen LogP contribution < -0.4 is 0 Å². The minimum atomic E-state index is 0.00111. The average molecular weight is 165 g/mol. The first-order chi connectivity index (χ1) is 5.72. The number of H-pyrrole nitrogens is 1. The van der Waals surface area contributed by atoms with Crippen molar-refractivity contribution in [1.29, 1.82) is 0 Å². The number of aliphatic hydroxyl groups excluding tert-OH is 1. The fourth-order valence-corrected chi connectivity index (χ4v) is 1.75. The van der Waals surface area contributed by atoms with Gasteiger partial charge in [0.15, 0.2) is 5.78 Å². The molecule has 1 heterocycles. The molecular formula is C9H11NO2. The highest BCUT2D eigenvalue weighted by atomic mass is 16.3. The molecule has 0 fully saturated rings. The van der Waals surface area contributed by atoms with Gasteiger partial charge in [0.05, 0.1) is 6.61 Å². The van der Waals surface area contributed by atoms with Gasteiger partial charge >= 0.3 is 0 Å². The van der Waals surface area contributed by atoms with E-state index in [1.165, 1.54) is 0 Å². The lowest BCUT2D eigenvalue weighted by molar-refractivity contribution is 0.0980. The van der Waals surface area contributed by atoms with Crippen LogP contribution in [-0.2, 0) is 0 Å². The number of aliphatic hydroxyl groups is 1. The highest BCUT2D eigenvalue weighted by Crippen LogP contribution is 2.32. The van der Waals surface area contributed by atoms with Gasteiger partial charge in [-0.2, -0.15) is 0 Å². The van der Waals surface area contributed by atoms with E-state index in [0.29, 0.717) is 6.42 Å². The predicted octanol–water partition coefficient (Wildman–Crippen LogP) is 0.985. The molecule has 0 radical (unpaired) electrons. The van der Waals surface area contributed by atoms with Crippen molar-refractivity contribution in [2.75, 3.05) is 6.61 Å². The number of fused-ring (bicyclic) bond motifs is 1. The van der Waals surface area contributed by atoms with Gasteiger partial charge in [0.2, 0.25) is 0 Å². The molecule has 0 aromatic carbocycles. The topological polar surface area (TPSA) is 53.1 Å². The maximum absolute atomic E-state index is 11.3.